The Labute approximate surface area is 234 Å². The molecule has 0 bridgehead atoms. The Morgan fingerprint density at radius 3 is 2.38 bits per heavy atom. The topological polar surface area (TPSA) is 99.8 Å². The first kappa shape index (κ1) is 27.1. The number of piperidine rings is 1. The summed E-state index contributed by atoms with van der Waals surface area (Å²) < 4.78 is 4.90. The molecule has 2 aliphatic rings. The number of hydrogen-bond donors (Lipinski definition) is 3. The second kappa shape index (κ2) is 11.8. The highest BCUT2D eigenvalue weighted by atomic mass is 16.5. The molecule has 1 fully saturated rings. The summed E-state index contributed by atoms with van der Waals surface area (Å²) in [6.45, 7) is 4.63. The first-order valence-corrected chi connectivity index (χ1v) is 13.5. The maximum absolute atomic E-state index is 13.3. The summed E-state index contributed by atoms with van der Waals surface area (Å²) in [5.74, 6) is -0.307. The zero-order chi connectivity index (χ0) is 28.2. The average Bonchev–Trinajstić information content (AvgIpc) is 3.29. The number of likely N-dealkylation sites (tertiary alicyclic amines) is 1. The first-order chi connectivity index (χ1) is 19.3. The van der Waals surface area contributed by atoms with Gasteiger partial charge in [-0.25, -0.2) is 4.79 Å². The number of fused-ring (bicyclic) bond motifs is 1. The number of carbonyl (C=O) groups excluding carboxylic acids is 3. The number of carbonyl (C=O) groups is 3. The number of aryl methyl sites for hydroxylation is 1. The molecule has 2 amide bonds. The third-order valence-corrected chi connectivity index (χ3v) is 7.63. The van der Waals surface area contributed by atoms with E-state index < -0.39 is 5.97 Å². The van der Waals surface area contributed by atoms with E-state index in [4.69, 9.17) is 4.74 Å². The number of benzene rings is 3. The molecule has 0 aromatic heterocycles. The number of nitrogens with zero attached hydrogens (tertiary/aromatic N) is 1. The van der Waals surface area contributed by atoms with Gasteiger partial charge in [0.2, 0.25) is 0 Å². The fraction of sp³-hybridized carbons (Fsp3) is 0.281. The van der Waals surface area contributed by atoms with Gasteiger partial charge in [0.15, 0.2) is 0 Å². The van der Waals surface area contributed by atoms with Crippen LogP contribution in [-0.4, -0.2) is 56.5 Å². The standard InChI is InChI=1S/C32H34N4O4/c1-20-17-26-27(18-25(20)32(39)40-3)35-31(38)28(26)29(22-7-5-4-6-8-22)34-24-11-9-23(10-12-24)30(37)33-19-21-13-15-36(2)16-14-21/h4-12,17-18,21,34H,13-16,19H2,1-3H3,(H,33,37)(H,35,38)/b29-28+. The quantitative estimate of drug-likeness (QED) is 0.296. The molecule has 2 heterocycles. The lowest BCUT2D eigenvalue weighted by Crippen LogP contribution is -2.36. The van der Waals surface area contributed by atoms with Crippen molar-refractivity contribution in [1.82, 2.24) is 10.2 Å². The van der Waals surface area contributed by atoms with Gasteiger partial charge in [0, 0.05) is 23.4 Å². The van der Waals surface area contributed by atoms with Crippen LogP contribution >= 0.6 is 0 Å². The van der Waals surface area contributed by atoms with Crippen molar-refractivity contribution < 1.29 is 19.1 Å². The number of esters is 1. The third kappa shape index (κ3) is 5.77. The molecule has 206 valence electrons. The molecule has 5 rings (SSSR count). The predicted molar refractivity (Wildman–Crippen MR) is 157 cm³/mol. The summed E-state index contributed by atoms with van der Waals surface area (Å²) in [5, 5.41) is 9.40. The summed E-state index contributed by atoms with van der Waals surface area (Å²) in [4.78, 5) is 40.6. The van der Waals surface area contributed by atoms with Crippen molar-refractivity contribution in [2.24, 2.45) is 5.92 Å². The van der Waals surface area contributed by atoms with Crippen molar-refractivity contribution >= 4 is 40.4 Å². The Morgan fingerprint density at radius 2 is 1.70 bits per heavy atom. The van der Waals surface area contributed by atoms with Gasteiger partial charge in [-0.1, -0.05) is 30.3 Å². The van der Waals surface area contributed by atoms with Gasteiger partial charge < -0.3 is 25.6 Å². The zero-order valence-corrected chi connectivity index (χ0v) is 23.0. The normalized spacial score (nSPS) is 16.6. The Hall–Kier alpha value is -4.43. The lowest BCUT2D eigenvalue weighted by Gasteiger charge is -2.28. The molecule has 0 spiro atoms. The van der Waals surface area contributed by atoms with Gasteiger partial charge in [0.25, 0.3) is 11.8 Å². The first-order valence-electron chi connectivity index (χ1n) is 13.5. The van der Waals surface area contributed by atoms with E-state index >= 15 is 0 Å². The van der Waals surface area contributed by atoms with Gasteiger partial charge in [0.1, 0.15) is 0 Å². The maximum Gasteiger partial charge on any atom is 0.338 e. The highest BCUT2D eigenvalue weighted by Gasteiger charge is 2.30. The number of ether oxygens (including phenoxy) is 1. The van der Waals surface area contributed by atoms with E-state index in [0.29, 0.717) is 51.7 Å². The van der Waals surface area contributed by atoms with E-state index in [1.807, 2.05) is 55.5 Å². The lowest BCUT2D eigenvalue weighted by atomic mass is 9.96. The van der Waals surface area contributed by atoms with E-state index in [-0.39, 0.29) is 11.8 Å². The van der Waals surface area contributed by atoms with E-state index in [9.17, 15) is 14.4 Å². The molecule has 0 unspecified atom stereocenters. The van der Waals surface area contributed by atoms with Crippen LogP contribution in [0, 0.1) is 12.8 Å². The zero-order valence-electron chi connectivity index (χ0n) is 23.0. The Morgan fingerprint density at radius 1 is 1.00 bits per heavy atom. The predicted octanol–water partition coefficient (Wildman–Crippen LogP) is 4.79. The SMILES string of the molecule is COC(=O)c1cc2c(cc1C)/C(=C(\Nc1ccc(C(=O)NCC3CCN(C)CC3)cc1)c1ccccc1)C(=O)N2. The average molecular weight is 539 g/mol. The number of rotatable bonds is 7. The van der Waals surface area contributed by atoms with Crippen molar-refractivity contribution in [3.05, 3.63) is 94.5 Å². The molecule has 3 aromatic carbocycles. The summed E-state index contributed by atoms with van der Waals surface area (Å²) in [7, 11) is 3.46. The van der Waals surface area contributed by atoms with Crippen LogP contribution < -0.4 is 16.0 Å². The van der Waals surface area contributed by atoms with Crippen molar-refractivity contribution in [2.45, 2.75) is 19.8 Å². The summed E-state index contributed by atoms with van der Waals surface area (Å²) >= 11 is 0. The summed E-state index contributed by atoms with van der Waals surface area (Å²) in [6.07, 6.45) is 2.19. The van der Waals surface area contributed by atoms with Crippen LogP contribution in [0.3, 0.4) is 0 Å². The van der Waals surface area contributed by atoms with Crippen molar-refractivity contribution in [3.8, 4) is 0 Å². The highest BCUT2D eigenvalue weighted by molar-refractivity contribution is 6.37. The summed E-state index contributed by atoms with van der Waals surface area (Å²) in [5.41, 5.74) is 5.62. The van der Waals surface area contributed by atoms with Gasteiger partial charge in [-0.2, -0.15) is 0 Å². The minimum atomic E-state index is -0.455. The van der Waals surface area contributed by atoms with Crippen LogP contribution in [0.4, 0.5) is 11.4 Å². The second-order valence-corrected chi connectivity index (χ2v) is 10.4. The molecular weight excluding hydrogens is 504 g/mol. The van der Waals surface area contributed by atoms with E-state index in [0.717, 1.165) is 37.2 Å². The molecule has 1 saturated heterocycles. The summed E-state index contributed by atoms with van der Waals surface area (Å²) in [6, 6.07) is 20.3. The molecule has 40 heavy (non-hydrogen) atoms. The van der Waals surface area contributed by atoms with Gasteiger partial charge in [0.05, 0.1) is 29.6 Å². The molecular formula is C32H34N4O4. The van der Waals surface area contributed by atoms with Crippen LogP contribution in [0.25, 0.3) is 11.3 Å². The highest BCUT2D eigenvalue weighted by Crippen LogP contribution is 2.39. The lowest BCUT2D eigenvalue weighted by molar-refractivity contribution is -0.110. The molecule has 8 heteroatoms. The molecule has 3 N–H and O–H groups in total. The molecule has 8 nitrogen and oxygen atoms in total. The number of nitrogens with one attached hydrogen (secondary N) is 3. The minimum absolute atomic E-state index is 0.0897. The fourth-order valence-electron chi connectivity index (χ4n) is 5.24. The number of hydrogen-bond acceptors (Lipinski definition) is 6. The van der Waals surface area contributed by atoms with Gasteiger partial charge in [-0.3, -0.25) is 9.59 Å². The monoisotopic (exact) mass is 538 g/mol. The maximum atomic E-state index is 13.3. The van der Waals surface area contributed by atoms with E-state index in [1.54, 1.807) is 18.2 Å². The van der Waals surface area contributed by atoms with Crippen LogP contribution in [0.1, 0.15) is 50.2 Å². The van der Waals surface area contributed by atoms with Crippen LogP contribution in [0.5, 0.6) is 0 Å². The number of methoxy groups -OCH3 is 1. The van der Waals surface area contributed by atoms with E-state index in [1.165, 1.54) is 7.11 Å². The molecule has 0 saturated carbocycles. The second-order valence-electron chi connectivity index (χ2n) is 10.4. The Bertz CT molecular complexity index is 1460. The number of amides is 2. The van der Waals surface area contributed by atoms with Crippen molar-refractivity contribution in [2.75, 3.05) is 44.4 Å². The van der Waals surface area contributed by atoms with Gasteiger partial charge in [-0.15, -0.1) is 0 Å². The van der Waals surface area contributed by atoms with Gasteiger partial charge in [-0.05, 0) is 93.3 Å². The fourth-order valence-corrected chi connectivity index (χ4v) is 5.24. The molecule has 0 atom stereocenters. The molecule has 0 aliphatic carbocycles. The van der Waals surface area contributed by atoms with Crippen LogP contribution in [0.15, 0.2) is 66.7 Å². The minimum Gasteiger partial charge on any atom is -0.465 e. The van der Waals surface area contributed by atoms with E-state index in [2.05, 4.69) is 27.9 Å². The number of anilines is 2. The van der Waals surface area contributed by atoms with Crippen molar-refractivity contribution in [1.29, 1.82) is 0 Å². The third-order valence-electron chi connectivity index (χ3n) is 7.63. The Balaban J connectivity index is 1.41. The largest absolute Gasteiger partial charge is 0.465 e. The molecule has 3 aromatic rings. The smallest absolute Gasteiger partial charge is 0.338 e. The van der Waals surface area contributed by atoms with Gasteiger partial charge >= 0.3 is 5.97 Å². The molecule has 2 aliphatic heterocycles. The van der Waals surface area contributed by atoms with Crippen molar-refractivity contribution in [3.63, 3.8) is 0 Å². The van der Waals surface area contributed by atoms with Crippen LogP contribution in [0.2, 0.25) is 0 Å². The van der Waals surface area contributed by atoms with Crippen LogP contribution in [-0.2, 0) is 9.53 Å². The molecule has 0 radical (unpaired) electrons. The Kier molecular flexibility index (Phi) is 7.98.